The summed E-state index contributed by atoms with van der Waals surface area (Å²) in [6.45, 7) is 0.0875. The summed E-state index contributed by atoms with van der Waals surface area (Å²) >= 11 is 5.50. The SMILES string of the molecule is CN(CC(=O)Nc1ccc(Cl)c(C(F)(F)F)c1)C(=O)CCCN. The summed E-state index contributed by atoms with van der Waals surface area (Å²) in [4.78, 5) is 24.6. The number of hydrogen-bond donors (Lipinski definition) is 2. The smallest absolute Gasteiger partial charge is 0.336 e. The molecule has 0 heterocycles. The Hall–Kier alpha value is -1.80. The first-order valence-electron chi connectivity index (χ1n) is 6.75. The highest BCUT2D eigenvalue weighted by atomic mass is 35.5. The molecule has 1 rings (SSSR count). The van der Waals surface area contributed by atoms with Crippen LogP contribution in [0.5, 0.6) is 0 Å². The van der Waals surface area contributed by atoms with Gasteiger partial charge in [-0.25, -0.2) is 0 Å². The molecule has 0 atom stereocenters. The largest absolute Gasteiger partial charge is 0.417 e. The van der Waals surface area contributed by atoms with Gasteiger partial charge in [0.25, 0.3) is 0 Å². The fraction of sp³-hybridized carbons (Fsp3) is 0.429. The van der Waals surface area contributed by atoms with Crippen molar-refractivity contribution in [2.45, 2.75) is 19.0 Å². The van der Waals surface area contributed by atoms with Crippen molar-refractivity contribution in [3.8, 4) is 0 Å². The maximum absolute atomic E-state index is 12.7. The molecule has 23 heavy (non-hydrogen) atoms. The summed E-state index contributed by atoms with van der Waals surface area (Å²) in [6.07, 6.45) is -3.91. The van der Waals surface area contributed by atoms with Crippen LogP contribution >= 0.6 is 11.6 Å². The van der Waals surface area contributed by atoms with Crippen LogP contribution in [0.2, 0.25) is 5.02 Å². The Morgan fingerprint density at radius 1 is 1.35 bits per heavy atom. The summed E-state index contributed by atoms with van der Waals surface area (Å²) in [5.74, 6) is -0.873. The Morgan fingerprint density at radius 2 is 2.00 bits per heavy atom. The average Bonchev–Trinajstić information content (AvgIpc) is 2.45. The van der Waals surface area contributed by atoms with Crippen LogP contribution in [0.3, 0.4) is 0 Å². The zero-order valence-corrected chi connectivity index (χ0v) is 13.2. The highest BCUT2D eigenvalue weighted by Gasteiger charge is 2.33. The summed E-state index contributed by atoms with van der Waals surface area (Å²) in [7, 11) is 1.43. The van der Waals surface area contributed by atoms with Crippen molar-refractivity contribution in [3.05, 3.63) is 28.8 Å². The molecule has 128 valence electrons. The molecule has 0 saturated heterocycles. The minimum atomic E-state index is -4.62. The predicted octanol–water partition coefficient (Wildman–Crippen LogP) is 2.49. The number of anilines is 1. The van der Waals surface area contributed by atoms with Crippen molar-refractivity contribution in [3.63, 3.8) is 0 Å². The van der Waals surface area contributed by atoms with Crippen LogP contribution in [0.1, 0.15) is 18.4 Å². The molecule has 0 saturated carbocycles. The zero-order valence-electron chi connectivity index (χ0n) is 12.4. The molecule has 0 radical (unpaired) electrons. The van der Waals surface area contributed by atoms with Gasteiger partial charge in [0.15, 0.2) is 0 Å². The molecule has 9 heteroatoms. The molecule has 0 fully saturated rings. The van der Waals surface area contributed by atoms with E-state index in [0.717, 1.165) is 12.1 Å². The molecule has 0 unspecified atom stereocenters. The molecule has 5 nitrogen and oxygen atoms in total. The number of carbonyl (C=O) groups is 2. The van der Waals surface area contributed by atoms with Gasteiger partial charge in [0.1, 0.15) is 0 Å². The lowest BCUT2D eigenvalue weighted by Gasteiger charge is -2.17. The number of halogens is 4. The second kappa shape index (κ2) is 8.16. The molecule has 0 aliphatic carbocycles. The van der Waals surface area contributed by atoms with Crippen LogP contribution in [0, 0.1) is 0 Å². The molecule has 1 aromatic carbocycles. The standard InChI is InChI=1S/C14H17ClF3N3O2/c1-21(13(23)3-2-6-19)8-12(22)20-9-4-5-11(15)10(7-9)14(16,17)18/h4-5,7H,2-3,6,8,19H2,1H3,(H,20,22). The van der Waals surface area contributed by atoms with Gasteiger partial charge in [0.05, 0.1) is 17.1 Å². The van der Waals surface area contributed by atoms with E-state index in [9.17, 15) is 22.8 Å². The van der Waals surface area contributed by atoms with Gasteiger partial charge in [-0.2, -0.15) is 13.2 Å². The van der Waals surface area contributed by atoms with Crippen molar-refractivity contribution in [2.75, 3.05) is 25.5 Å². The van der Waals surface area contributed by atoms with Crippen LogP contribution in [0.4, 0.5) is 18.9 Å². The monoisotopic (exact) mass is 351 g/mol. The van der Waals surface area contributed by atoms with Crippen LogP contribution in [0.15, 0.2) is 18.2 Å². The Morgan fingerprint density at radius 3 is 2.57 bits per heavy atom. The first-order valence-corrected chi connectivity index (χ1v) is 7.13. The third kappa shape index (κ3) is 6.07. The molecular formula is C14H17ClF3N3O2. The first-order chi connectivity index (χ1) is 10.6. The maximum atomic E-state index is 12.7. The number of carbonyl (C=O) groups excluding carboxylic acids is 2. The van der Waals surface area contributed by atoms with Gasteiger partial charge in [-0.05, 0) is 31.2 Å². The normalized spacial score (nSPS) is 11.2. The van der Waals surface area contributed by atoms with E-state index in [2.05, 4.69) is 5.32 Å². The quantitative estimate of drug-likeness (QED) is 0.826. The number of amides is 2. The van der Waals surface area contributed by atoms with E-state index < -0.39 is 22.7 Å². The number of nitrogens with two attached hydrogens (primary N) is 1. The van der Waals surface area contributed by atoms with Crippen LogP contribution in [-0.4, -0.2) is 36.9 Å². The number of rotatable bonds is 6. The summed E-state index contributed by atoms with van der Waals surface area (Å²) in [6, 6.07) is 3.05. The summed E-state index contributed by atoms with van der Waals surface area (Å²) in [5, 5.41) is 1.85. The molecule has 0 aliphatic heterocycles. The number of alkyl halides is 3. The van der Waals surface area contributed by atoms with Gasteiger partial charge < -0.3 is 16.0 Å². The number of benzene rings is 1. The molecular weight excluding hydrogens is 335 g/mol. The van der Waals surface area contributed by atoms with Crippen molar-refractivity contribution in [1.82, 2.24) is 4.90 Å². The van der Waals surface area contributed by atoms with Gasteiger partial charge in [0.2, 0.25) is 11.8 Å². The summed E-state index contributed by atoms with van der Waals surface area (Å²) < 4.78 is 38.2. The number of nitrogens with zero attached hydrogens (tertiary/aromatic N) is 1. The van der Waals surface area contributed by atoms with Gasteiger partial charge in [-0.3, -0.25) is 9.59 Å². The van der Waals surface area contributed by atoms with Crippen molar-refractivity contribution >= 4 is 29.1 Å². The van der Waals surface area contributed by atoms with Crippen molar-refractivity contribution in [2.24, 2.45) is 5.73 Å². The zero-order chi connectivity index (χ0) is 17.6. The van der Waals surface area contributed by atoms with Gasteiger partial charge >= 0.3 is 6.18 Å². The van der Waals surface area contributed by atoms with E-state index in [1.54, 1.807) is 0 Å². The Kier molecular flexibility index (Phi) is 6.83. The fourth-order valence-corrected chi connectivity index (χ4v) is 1.99. The molecule has 0 spiro atoms. The molecule has 3 N–H and O–H groups in total. The molecule has 0 aromatic heterocycles. The van der Waals surface area contributed by atoms with E-state index in [4.69, 9.17) is 17.3 Å². The number of likely N-dealkylation sites (N-methyl/N-ethyl adjacent to an activating group) is 1. The summed E-state index contributed by atoms with van der Waals surface area (Å²) in [5.41, 5.74) is 4.20. The molecule has 0 bridgehead atoms. The first kappa shape index (κ1) is 19.2. The highest BCUT2D eigenvalue weighted by Crippen LogP contribution is 2.36. The second-order valence-electron chi connectivity index (χ2n) is 4.88. The lowest BCUT2D eigenvalue weighted by atomic mass is 10.2. The van der Waals surface area contributed by atoms with E-state index >= 15 is 0 Å². The van der Waals surface area contributed by atoms with E-state index in [0.29, 0.717) is 13.0 Å². The molecule has 0 aliphatic rings. The van der Waals surface area contributed by atoms with Gasteiger partial charge in [-0.1, -0.05) is 11.6 Å². The van der Waals surface area contributed by atoms with Crippen LogP contribution < -0.4 is 11.1 Å². The highest BCUT2D eigenvalue weighted by molar-refractivity contribution is 6.31. The Bertz CT molecular complexity index is 579. The van der Waals surface area contributed by atoms with Crippen molar-refractivity contribution in [1.29, 1.82) is 0 Å². The predicted molar refractivity (Wildman–Crippen MR) is 81.0 cm³/mol. The van der Waals surface area contributed by atoms with Gasteiger partial charge in [0, 0.05) is 19.2 Å². The number of hydrogen-bond acceptors (Lipinski definition) is 3. The Labute approximate surface area is 136 Å². The topological polar surface area (TPSA) is 75.4 Å². The van der Waals surface area contributed by atoms with Crippen LogP contribution in [-0.2, 0) is 15.8 Å². The minimum absolute atomic E-state index is 0.0467. The maximum Gasteiger partial charge on any atom is 0.417 e. The lowest BCUT2D eigenvalue weighted by Crippen LogP contribution is -2.35. The van der Waals surface area contributed by atoms with Gasteiger partial charge in [-0.15, -0.1) is 0 Å². The van der Waals surface area contributed by atoms with Crippen LogP contribution in [0.25, 0.3) is 0 Å². The second-order valence-corrected chi connectivity index (χ2v) is 5.29. The Balaban J connectivity index is 2.69. The molecule has 2 amide bonds. The fourth-order valence-electron chi connectivity index (χ4n) is 1.77. The molecule has 1 aromatic rings. The lowest BCUT2D eigenvalue weighted by molar-refractivity contribution is -0.137. The van der Waals surface area contributed by atoms with E-state index in [1.165, 1.54) is 18.0 Å². The average molecular weight is 352 g/mol. The van der Waals surface area contributed by atoms with E-state index in [1.807, 2.05) is 0 Å². The third-order valence-corrected chi connectivity index (χ3v) is 3.29. The minimum Gasteiger partial charge on any atom is -0.336 e. The van der Waals surface area contributed by atoms with Crippen molar-refractivity contribution < 1.29 is 22.8 Å². The third-order valence-electron chi connectivity index (χ3n) is 2.96. The number of nitrogens with one attached hydrogen (secondary N) is 1. The van der Waals surface area contributed by atoms with E-state index in [-0.39, 0.29) is 24.6 Å².